The Bertz CT molecular complexity index is 2590. The number of rotatable bonds is 73. The number of esters is 4. The summed E-state index contributed by atoms with van der Waals surface area (Å²) in [5, 5.41) is 10.6. The molecule has 0 aromatic heterocycles. The molecular weight excluding hydrogens is 1350 g/mol. The first kappa shape index (κ1) is 98.7. The maximum absolute atomic E-state index is 13.1. The lowest BCUT2D eigenvalue weighted by Crippen LogP contribution is -2.30. The molecule has 104 heavy (non-hydrogen) atoms. The van der Waals surface area contributed by atoms with Crippen LogP contribution in [0.4, 0.5) is 0 Å². The minimum atomic E-state index is -5.01. The highest BCUT2D eigenvalue weighted by atomic mass is 31.2. The number of hydrogen-bond acceptors (Lipinski definition) is 15. The number of phosphoric ester groups is 2. The van der Waals surface area contributed by atoms with Gasteiger partial charge in [0, 0.05) is 25.7 Å². The molecule has 0 aliphatic carbocycles. The minimum absolute atomic E-state index is 0.0228. The van der Waals surface area contributed by atoms with Crippen LogP contribution in [0, 0.1) is 0 Å². The molecule has 592 valence electrons. The number of unbranched alkanes of at least 4 members (excludes halogenated alkanes) is 21. The third-order valence-electron chi connectivity index (χ3n) is 16.0. The predicted molar refractivity (Wildman–Crippen MR) is 427 cm³/mol. The van der Waals surface area contributed by atoms with Gasteiger partial charge in [-0.15, -0.1) is 0 Å². The zero-order chi connectivity index (χ0) is 76.0. The molecule has 0 bridgehead atoms. The van der Waals surface area contributed by atoms with Crippen LogP contribution in [0.5, 0.6) is 0 Å². The molecule has 0 fully saturated rings. The van der Waals surface area contributed by atoms with Gasteiger partial charge in [-0.1, -0.05) is 269 Å². The van der Waals surface area contributed by atoms with E-state index >= 15 is 0 Å². The molecule has 0 spiro atoms. The lowest BCUT2D eigenvalue weighted by atomic mass is 10.1. The summed E-state index contributed by atoms with van der Waals surface area (Å²) in [7, 11) is -10.0. The monoisotopic (exact) mass is 1490 g/mol. The molecule has 0 radical (unpaired) electrons. The fraction of sp³-hybridized carbons (Fsp3) is 0.647. The number of allylic oxidation sites excluding steroid dienone is 26. The molecule has 19 heteroatoms. The maximum Gasteiger partial charge on any atom is 0.472 e. The van der Waals surface area contributed by atoms with E-state index in [1.807, 2.05) is 18.2 Å². The van der Waals surface area contributed by atoms with Crippen molar-refractivity contribution in [1.82, 2.24) is 0 Å². The van der Waals surface area contributed by atoms with Crippen molar-refractivity contribution in [3.8, 4) is 0 Å². The zero-order valence-electron chi connectivity index (χ0n) is 64.6. The first-order valence-electron chi connectivity index (χ1n) is 39.7. The fourth-order valence-electron chi connectivity index (χ4n) is 9.97. The van der Waals surface area contributed by atoms with Crippen LogP contribution in [0.25, 0.3) is 0 Å². The van der Waals surface area contributed by atoms with Crippen molar-refractivity contribution in [3.05, 3.63) is 158 Å². The summed E-state index contributed by atoms with van der Waals surface area (Å²) < 4.78 is 68.4. The quantitative estimate of drug-likeness (QED) is 0.0169. The van der Waals surface area contributed by atoms with Crippen LogP contribution >= 0.6 is 15.6 Å². The molecule has 0 amide bonds. The van der Waals surface area contributed by atoms with E-state index in [0.717, 1.165) is 161 Å². The first-order valence-corrected chi connectivity index (χ1v) is 42.7. The molecular formula is C85H140O17P2. The Morgan fingerprint density at radius 2 is 0.519 bits per heavy atom. The molecule has 5 atom stereocenters. The SMILES string of the molecule is CC/C=C\C/C=C\C/C=C\C/C=C\C/C=C\C/C=C\CCC(=O)OC[C@H](COP(=O)(O)OC[C@@H](O)COP(=O)(O)OC[C@@H](COC(=O)CCCCCCC/C=C\CCCCCC)OC(=O)CCCCCCC/C=C\CCCCCC)OC(=O)CCCCC/C=C\C/C=C\C/C=C\C/C=C\C/C=C\CC. The van der Waals surface area contributed by atoms with Crippen LogP contribution in [0.1, 0.15) is 297 Å². The second-order valence-corrected chi connectivity index (χ2v) is 28.8. The summed E-state index contributed by atoms with van der Waals surface area (Å²) in [4.78, 5) is 72.9. The molecule has 0 aromatic carbocycles. The van der Waals surface area contributed by atoms with E-state index in [-0.39, 0.29) is 25.7 Å². The molecule has 0 rings (SSSR count). The van der Waals surface area contributed by atoms with Gasteiger partial charge in [0.2, 0.25) is 0 Å². The smallest absolute Gasteiger partial charge is 0.462 e. The number of phosphoric acid groups is 2. The number of aliphatic hydroxyl groups is 1. The van der Waals surface area contributed by atoms with Crippen molar-refractivity contribution >= 4 is 39.5 Å². The van der Waals surface area contributed by atoms with E-state index in [0.29, 0.717) is 32.1 Å². The number of hydrogen-bond donors (Lipinski definition) is 3. The molecule has 0 aliphatic heterocycles. The maximum atomic E-state index is 13.1. The van der Waals surface area contributed by atoms with Gasteiger partial charge in [0.05, 0.1) is 26.4 Å². The highest BCUT2D eigenvalue weighted by Crippen LogP contribution is 2.45. The molecule has 0 aromatic rings. The summed E-state index contributed by atoms with van der Waals surface area (Å²) in [6, 6.07) is 0. The van der Waals surface area contributed by atoms with E-state index < -0.39 is 97.5 Å². The fourth-order valence-corrected chi connectivity index (χ4v) is 11.5. The molecule has 0 aliphatic rings. The summed E-state index contributed by atoms with van der Waals surface area (Å²) >= 11 is 0. The van der Waals surface area contributed by atoms with E-state index in [2.05, 4.69) is 167 Å². The van der Waals surface area contributed by atoms with Gasteiger partial charge in [0.1, 0.15) is 19.3 Å². The van der Waals surface area contributed by atoms with Gasteiger partial charge < -0.3 is 33.8 Å². The van der Waals surface area contributed by atoms with Gasteiger partial charge >= 0.3 is 39.5 Å². The highest BCUT2D eigenvalue weighted by Gasteiger charge is 2.30. The summed E-state index contributed by atoms with van der Waals surface area (Å²) in [5.74, 6) is -2.34. The van der Waals surface area contributed by atoms with Gasteiger partial charge in [-0.3, -0.25) is 37.3 Å². The van der Waals surface area contributed by atoms with Crippen molar-refractivity contribution in [3.63, 3.8) is 0 Å². The Balaban J connectivity index is 5.48. The summed E-state index contributed by atoms with van der Waals surface area (Å²) in [5.41, 5.74) is 0. The lowest BCUT2D eigenvalue weighted by molar-refractivity contribution is -0.161. The Morgan fingerprint density at radius 3 is 0.846 bits per heavy atom. The van der Waals surface area contributed by atoms with Crippen molar-refractivity contribution in [2.45, 2.75) is 316 Å². The van der Waals surface area contributed by atoms with E-state index in [4.69, 9.17) is 37.0 Å². The average Bonchev–Trinajstić information content (AvgIpc) is 0.906. The third-order valence-corrected chi connectivity index (χ3v) is 17.9. The molecule has 0 saturated heterocycles. The highest BCUT2D eigenvalue weighted by molar-refractivity contribution is 7.47. The zero-order valence-corrected chi connectivity index (χ0v) is 66.4. The number of carbonyl (C=O) groups is 4. The van der Waals surface area contributed by atoms with Crippen molar-refractivity contribution in [1.29, 1.82) is 0 Å². The normalized spacial score (nSPS) is 14.7. The van der Waals surface area contributed by atoms with Crippen molar-refractivity contribution in [2.24, 2.45) is 0 Å². The van der Waals surface area contributed by atoms with Gasteiger partial charge in [0.25, 0.3) is 0 Å². The number of carbonyl (C=O) groups excluding carboxylic acids is 4. The van der Waals surface area contributed by atoms with Crippen LogP contribution in [-0.4, -0.2) is 96.7 Å². The Hall–Kier alpha value is -5.32. The van der Waals surface area contributed by atoms with Gasteiger partial charge in [-0.05, 0) is 161 Å². The van der Waals surface area contributed by atoms with Gasteiger partial charge in [-0.2, -0.15) is 0 Å². The topological polar surface area (TPSA) is 237 Å². The molecule has 17 nitrogen and oxygen atoms in total. The van der Waals surface area contributed by atoms with Crippen LogP contribution in [0.15, 0.2) is 158 Å². The third kappa shape index (κ3) is 74.9. The summed E-state index contributed by atoms with van der Waals surface area (Å²) in [6.07, 6.45) is 88.1. The molecule has 3 N–H and O–H groups in total. The second-order valence-electron chi connectivity index (χ2n) is 25.9. The molecule has 0 saturated carbocycles. The number of ether oxygens (including phenoxy) is 4. The van der Waals surface area contributed by atoms with Crippen LogP contribution in [0.3, 0.4) is 0 Å². The van der Waals surface area contributed by atoms with Gasteiger partial charge in [-0.25, -0.2) is 9.13 Å². The standard InChI is InChI=1S/C85H140O17P2/c1-5-9-13-17-21-25-29-33-35-37-39-41-43-47-50-54-58-62-66-70-83(88)96-76-81(102-85(90)72-68-64-60-56-52-48-44-42-40-38-36-34-30-26-22-18-14-10-6-2)78-100-104(93,94)98-74-79(86)73-97-103(91,92)99-77-80(101-84(89)71-67-63-59-55-51-46-32-28-24-20-16-12-8-4)75-95-82(87)69-65-61-57-53-49-45-31-27-23-19-15-11-7-3/h9-10,13-14,21-22,25-28,31-36,39-42,47-48,50,52,58,62,79-81,86H,5-8,11-12,15-20,23-24,29-30,37-38,43-46,49,51,53-57,59-61,63-78H2,1-4H3,(H,91,92)(H,93,94)/b13-9-,14-10-,25-21-,26-22-,31-27-,32-28-,35-33-,36-34-,41-39-,42-40-,50-47-,52-48-,62-58-/t79-,80+,81+/m0/s1. The van der Waals surface area contributed by atoms with E-state index in [9.17, 15) is 43.2 Å². The Kier molecular flexibility index (Phi) is 72.0. The average molecular weight is 1500 g/mol. The van der Waals surface area contributed by atoms with Crippen molar-refractivity contribution < 1.29 is 80.2 Å². The van der Waals surface area contributed by atoms with Crippen LogP contribution in [0.2, 0.25) is 0 Å². The Morgan fingerprint density at radius 1 is 0.279 bits per heavy atom. The van der Waals surface area contributed by atoms with E-state index in [1.165, 1.54) is 51.4 Å². The Labute approximate surface area is 629 Å². The van der Waals surface area contributed by atoms with Gasteiger partial charge in [0.15, 0.2) is 12.2 Å². The number of aliphatic hydroxyl groups excluding tert-OH is 1. The van der Waals surface area contributed by atoms with Crippen LogP contribution < -0.4 is 0 Å². The van der Waals surface area contributed by atoms with Crippen LogP contribution in [-0.2, 0) is 65.4 Å². The summed E-state index contributed by atoms with van der Waals surface area (Å²) in [6.45, 7) is 4.46. The first-order chi connectivity index (χ1) is 50.7. The largest absolute Gasteiger partial charge is 0.472 e. The lowest BCUT2D eigenvalue weighted by Gasteiger charge is -2.21. The predicted octanol–water partition coefficient (Wildman–Crippen LogP) is 23.2. The minimum Gasteiger partial charge on any atom is -0.462 e. The second kappa shape index (κ2) is 75.9. The van der Waals surface area contributed by atoms with E-state index in [1.54, 1.807) is 0 Å². The molecule has 0 heterocycles. The van der Waals surface area contributed by atoms with Crippen molar-refractivity contribution in [2.75, 3.05) is 39.6 Å². The molecule has 2 unspecified atom stereocenters.